The molecule has 0 aromatic rings. The van der Waals surface area contributed by atoms with Crippen molar-refractivity contribution in [2.24, 2.45) is 45.8 Å². The molecule has 4 aliphatic rings. The van der Waals surface area contributed by atoms with Crippen molar-refractivity contribution < 1.29 is 14.3 Å². The summed E-state index contributed by atoms with van der Waals surface area (Å²) in [5.74, 6) is 3.46. The second-order valence-electron chi connectivity index (χ2n) is 13.1. The molecule has 4 fully saturated rings. The molecule has 3 aliphatic carbocycles. The molecule has 1 aliphatic heterocycles. The lowest BCUT2D eigenvalue weighted by atomic mass is 9.46. The zero-order valence-corrected chi connectivity index (χ0v) is 21.2. The predicted molar refractivity (Wildman–Crippen MR) is 123 cm³/mol. The zero-order chi connectivity index (χ0) is 22.9. The average Bonchev–Trinajstić information content (AvgIpc) is 2.94. The smallest absolute Gasteiger partial charge is 0.311 e. The van der Waals surface area contributed by atoms with Gasteiger partial charge >= 0.3 is 5.97 Å². The van der Waals surface area contributed by atoms with Gasteiger partial charge in [0.2, 0.25) is 5.91 Å². The van der Waals surface area contributed by atoms with Crippen molar-refractivity contribution in [1.29, 1.82) is 0 Å². The van der Waals surface area contributed by atoms with Crippen LogP contribution in [0.15, 0.2) is 0 Å². The van der Waals surface area contributed by atoms with Crippen LogP contribution in [0.25, 0.3) is 0 Å². The summed E-state index contributed by atoms with van der Waals surface area (Å²) in [6.07, 6.45) is 7.89. The van der Waals surface area contributed by atoms with Crippen molar-refractivity contribution in [2.75, 3.05) is 7.05 Å². The summed E-state index contributed by atoms with van der Waals surface area (Å²) in [7, 11) is 2.04. The molecule has 9 atom stereocenters. The highest BCUT2D eigenvalue weighted by Crippen LogP contribution is 2.67. The van der Waals surface area contributed by atoms with Gasteiger partial charge in [-0.15, -0.1) is 0 Å². The van der Waals surface area contributed by atoms with Crippen molar-refractivity contribution in [1.82, 2.24) is 4.90 Å². The number of hydrogen-bond donors (Lipinski definition) is 0. The molecule has 3 saturated carbocycles. The van der Waals surface area contributed by atoms with Crippen LogP contribution in [-0.2, 0) is 14.3 Å². The summed E-state index contributed by atoms with van der Waals surface area (Å²) in [6.45, 7) is 15.4. The molecule has 0 spiro atoms. The van der Waals surface area contributed by atoms with Crippen molar-refractivity contribution in [2.45, 2.75) is 106 Å². The maximum Gasteiger partial charge on any atom is 0.311 e. The fourth-order valence-corrected chi connectivity index (χ4v) is 8.97. The Hall–Kier alpha value is -1.06. The number of carbonyl (C=O) groups is 2. The first kappa shape index (κ1) is 23.1. The van der Waals surface area contributed by atoms with Gasteiger partial charge in [0.15, 0.2) is 0 Å². The molecule has 0 N–H and O–H groups in total. The Bertz CT molecular complexity index is 741. The van der Waals surface area contributed by atoms with E-state index in [1.54, 1.807) is 0 Å². The SMILES string of the molecule is CC1C[C@H]2[C@@H]3CCC4N(C)C(=O)CC[C@]4(C)[C@H]3CC[C@]2(C)[C@H]1C(C)OC(=O)C(C)(C)C. The third-order valence-corrected chi connectivity index (χ3v) is 10.4. The van der Waals surface area contributed by atoms with E-state index in [9.17, 15) is 9.59 Å². The summed E-state index contributed by atoms with van der Waals surface area (Å²) in [4.78, 5) is 27.1. The van der Waals surface area contributed by atoms with Crippen LogP contribution in [-0.4, -0.2) is 36.0 Å². The summed E-state index contributed by atoms with van der Waals surface area (Å²) in [5, 5.41) is 0. The normalized spacial score (nSPS) is 46.1. The van der Waals surface area contributed by atoms with Crippen LogP contribution >= 0.6 is 0 Å². The van der Waals surface area contributed by atoms with Gasteiger partial charge in [-0.05, 0) is 101 Å². The van der Waals surface area contributed by atoms with Gasteiger partial charge in [0.1, 0.15) is 6.10 Å². The van der Waals surface area contributed by atoms with E-state index in [4.69, 9.17) is 4.74 Å². The first-order chi connectivity index (χ1) is 14.3. The lowest BCUT2D eigenvalue weighted by Gasteiger charge is -2.62. The summed E-state index contributed by atoms with van der Waals surface area (Å²) < 4.78 is 6.07. The molecule has 0 bridgehead atoms. The van der Waals surface area contributed by atoms with Gasteiger partial charge in [-0.1, -0.05) is 20.8 Å². The number of nitrogens with zero attached hydrogens (tertiary/aromatic N) is 1. The number of hydrogen-bond acceptors (Lipinski definition) is 3. The van der Waals surface area contributed by atoms with E-state index in [-0.39, 0.29) is 22.9 Å². The standard InChI is InChI=1S/C27H45NO3/c1-16-15-20-18-9-10-21-26(6,14-12-22(29)28(21)8)19(18)11-13-27(20,7)23(16)17(2)31-24(30)25(3,4)5/h16-21,23H,9-15H2,1-8H3/t16?,17?,18-,19+,20+,21?,23-,26-,27+/m1/s1. The maximum absolute atomic E-state index is 12.6. The number of amides is 1. The van der Waals surface area contributed by atoms with Gasteiger partial charge in [-0.2, -0.15) is 0 Å². The molecular weight excluding hydrogens is 386 g/mol. The fraction of sp³-hybridized carbons (Fsp3) is 0.926. The quantitative estimate of drug-likeness (QED) is 0.528. The molecule has 3 unspecified atom stereocenters. The van der Waals surface area contributed by atoms with Gasteiger partial charge in [0.25, 0.3) is 0 Å². The molecule has 4 heteroatoms. The van der Waals surface area contributed by atoms with Crippen molar-refractivity contribution in [3.05, 3.63) is 0 Å². The van der Waals surface area contributed by atoms with E-state index in [1.807, 2.05) is 27.8 Å². The largest absolute Gasteiger partial charge is 0.462 e. The minimum absolute atomic E-state index is 0.0290. The second kappa shape index (κ2) is 7.48. The van der Waals surface area contributed by atoms with Crippen LogP contribution in [0.2, 0.25) is 0 Å². The first-order valence-electron chi connectivity index (χ1n) is 12.8. The van der Waals surface area contributed by atoms with Crippen LogP contribution in [0.5, 0.6) is 0 Å². The Kier molecular flexibility index (Phi) is 5.58. The van der Waals surface area contributed by atoms with E-state index < -0.39 is 5.41 Å². The average molecular weight is 432 g/mol. The van der Waals surface area contributed by atoms with E-state index in [2.05, 4.69) is 32.6 Å². The molecule has 1 heterocycles. The Balaban J connectivity index is 1.57. The number of fused-ring (bicyclic) bond motifs is 5. The van der Waals surface area contributed by atoms with Gasteiger partial charge in [-0.25, -0.2) is 0 Å². The van der Waals surface area contributed by atoms with Crippen LogP contribution in [0, 0.1) is 45.8 Å². The third-order valence-electron chi connectivity index (χ3n) is 10.4. The highest BCUT2D eigenvalue weighted by Gasteiger charge is 2.63. The van der Waals surface area contributed by atoms with Crippen LogP contribution in [0.1, 0.15) is 93.4 Å². The van der Waals surface area contributed by atoms with E-state index in [0.717, 1.165) is 24.7 Å². The molecular formula is C27H45NO3. The van der Waals surface area contributed by atoms with E-state index in [0.29, 0.717) is 36.1 Å². The number of ether oxygens (including phenoxy) is 1. The number of piperidine rings is 1. The Morgan fingerprint density at radius 1 is 1.10 bits per heavy atom. The zero-order valence-electron chi connectivity index (χ0n) is 21.2. The van der Waals surface area contributed by atoms with Crippen molar-refractivity contribution in [3.63, 3.8) is 0 Å². The number of carbonyl (C=O) groups excluding carboxylic acids is 2. The van der Waals surface area contributed by atoms with Crippen LogP contribution < -0.4 is 0 Å². The molecule has 176 valence electrons. The number of esters is 1. The topological polar surface area (TPSA) is 46.6 Å². The van der Waals surface area contributed by atoms with Crippen LogP contribution in [0.4, 0.5) is 0 Å². The minimum atomic E-state index is -0.453. The Morgan fingerprint density at radius 2 is 1.77 bits per heavy atom. The monoisotopic (exact) mass is 431 g/mol. The molecule has 4 rings (SSSR count). The van der Waals surface area contributed by atoms with Gasteiger partial charge < -0.3 is 9.64 Å². The fourth-order valence-electron chi connectivity index (χ4n) is 8.97. The van der Waals surface area contributed by atoms with E-state index in [1.165, 1.54) is 25.7 Å². The lowest BCUT2D eigenvalue weighted by Crippen LogP contribution is -2.61. The molecule has 1 saturated heterocycles. The molecule has 0 radical (unpaired) electrons. The first-order valence-corrected chi connectivity index (χ1v) is 12.8. The van der Waals surface area contributed by atoms with Crippen LogP contribution in [0.3, 0.4) is 0 Å². The molecule has 0 aromatic carbocycles. The minimum Gasteiger partial charge on any atom is -0.462 e. The summed E-state index contributed by atoms with van der Waals surface area (Å²) in [5.41, 5.74) is 0.0573. The lowest BCUT2D eigenvalue weighted by molar-refractivity contribution is -0.170. The predicted octanol–water partition coefficient (Wildman–Crippen LogP) is 5.69. The molecule has 1 amide bonds. The summed E-state index contributed by atoms with van der Waals surface area (Å²) >= 11 is 0. The highest BCUT2D eigenvalue weighted by molar-refractivity contribution is 5.77. The van der Waals surface area contributed by atoms with Gasteiger partial charge in [0.05, 0.1) is 5.41 Å². The highest BCUT2D eigenvalue weighted by atomic mass is 16.5. The molecule has 0 aromatic heterocycles. The maximum atomic E-state index is 12.6. The molecule has 4 nitrogen and oxygen atoms in total. The Morgan fingerprint density at radius 3 is 2.42 bits per heavy atom. The second-order valence-corrected chi connectivity index (χ2v) is 13.1. The van der Waals surface area contributed by atoms with Crippen molar-refractivity contribution >= 4 is 11.9 Å². The number of rotatable bonds is 2. The Labute approximate surface area is 189 Å². The van der Waals surface area contributed by atoms with Crippen molar-refractivity contribution in [3.8, 4) is 0 Å². The van der Waals surface area contributed by atoms with Gasteiger partial charge in [-0.3, -0.25) is 9.59 Å². The third kappa shape index (κ3) is 3.46. The summed E-state index contributed by atoms with van der Waals surface area (Å²) in [6, 6.07) is 0.417. The van der Waals surface area contributed by atoms with E-state index >= 15 is 0 Å². The molecule has 31 heavy (non-hydrogen) atoms. The number of likely N-dealkylation sites (tertiary alicyclic amines) is 1. The van der Waals surface area contributed by atoms with Gasteiger partial charge in [0, 0.05) is 25.4 Å².